The minimum atomic E-state index is 0.718. The van der Waals surface area contributed by atoms with E-state index in [1.165, 1.54) is 32.4 Å². The van der Waals surface area contributed by atoms with Crippen LogP contribution >= 0.6 is 0 Å². The number of rotatable bonds is 4. The lowest BCUT2D eigenvalue weighted by molar-refractivity contribution is 0.435. The van der Waals surface area contributed by atoms with Gasteiger partial charge in [-0.3, -0.25) is 0 Å². The second-order valence-electron chi connectivity index (χ2n) is 3.78. The van der Waals surface area contributed by atoms with Crippen molar-refractivity contribution in [2.24, 2.45) is 17.6 Å². The highest BCUT2D eigenvalue weighted by Crippen LogP contribution is 2.17. The maximum atomic E-state index is 5.54. The van der Waals surface area contributed by atoms with Crippen LogP contribution in [0.3, 0.4) is 0 Å². The van der Waals surface area contributed by atoms with Crippen molar-refractivity contribution >= 4 is 0 Å². The molecular formula is C9H20N2. The van der Waals surface area contributed by atoms with Crippen molar-refractivity contribution in [1.82, 2.24) is 5.32 Å². The molecule has 2 unspecified atom stereocenters. The van der Waals surface area contributed by atoms with Gasteiger partial charge in [0.1, 0.15) is 0 Å². The first-order valence-electron chi connectivity index (χ1n) is 4.73. The van der Waals surface area contributed by atoms with E-state index in [9.17, 15) is 0 Å². The first-order valence-corrected chi connectivity index (χ1v) is 4.73. The van der Waals surface area contributed by atoms with Gasteiger partial charge in [0.15, 0.2) is 0 Å². The van der Waals surface area contributed by atoms with Crippen LogP contribution in [0.4, 0.5) is 0 Å². The van der Waals surface area contributed by atoms with Crippen LogP contribution in [0.1, 0.15) is 26.2 Å². The molecule has 1 fully saturated rings. The second kappa shape index (κ2) is 4.73. The fourth-order valence-corrected chi connectivity index (χ4v) is 1.60. The molecule has 66 valence electrons. The van der Waals surface area contributed by atoms with E-state index in [0.717, 1.165) is 18.4 Å². The lowest BCUT2D eigenvalue weighted by atomic mass is 9.96. The third-order valence-electron chi connectivity index (χ3n) is 2.63. The van der Waals surface area contributed by atoms with Crippen molar-refractivity contribution < 1.29 is 0 Å². The average molecular weight is 156 g/mol. The van der Waals surface area contributed by atoms with Crippen LogP contribution in [0.5, 0.6) is 0 Å². The molecule has 0 bridgehead atoms. The molecule has 0 aromatic heterocycles. The average Bonchev–Trinajstić information content (AvgIpc) is 2.52. The molecule has 0 aromatic carbocycles. The quantitative estimate of drug-likeness (QED) is 0.636. The number of hydrogen-bond donors (Lipinski definition) is 2. The van der Waals surface area contributed by atoms with Crippen LogP contribution in [0.15, 0.2) is 0 Å². The van der Waals surface area contributed by atoms with Gasteiger partial charge in [0, 0.05) is 0 Å². The Kier molecular flexibility index (Phi) is 3.87. The van der Waals surface area contributed by atoms with Crippen LogP contribution < -0.4 is 11.1 Å². The van der Waals surface area contributed by atoms with Gasteiger partial charge < -0.3 is 11.1 Å². The number of nitrogens with two attached hydrogens (primary N) is 1. The van der Waals surface area contributed by atoms with Gasteiger partial charge in [-0.25, -0.2) is 0 Å². The molecule has 1 rings (SSSR count). The summed E-state index contributed by atoms with van der Waals surface area (Å²) in [7, 11) is 0. The SMILES string of the molecule is CC(CN)CCC1CCNC1. The zero-order valence-electron chi connectivity index (χ0n) is 7.47. The summed E-state index contributed by atoms with van der Waals surface area (Å²) in [6, 6.07) is 0. The van der Waals surface area contributed by atoms with Gasteiger partial charge in [0.25, 0.3) is 0 Å². The van der Waals surface area contributed by atoms with Gasteiger partial charge in [0.05, 0.1) is 0 Å². The zero-order chi connectivity index (χ0) is 8.10. The molecule has 0 amide bonds. The van der Waals surface area contributed by atoms with Gasteiger partial charge in [-0.05, 0) is 50.7 Å². The summed E-state index contributed by atoms with van der Waals surface area (Å²) in [5.41, 5.74) is 5.54. The van der Waals surface area contributed by atoms with E-state index in [2.05, 4.69) is 12.2 Å². The first kappa shape index (κ1) is 9.01. The van der Waals surface area contributed by atoms with Gasteiger partial charge in [-0.15, -0.1) is 0 Å². The number of hydrogen-bond acceptors (Lipinski definition) is 2. The van der Waals surface area contributed by atoms with E-state index in [-0.39, 0.29) is 0 Å². The standard InChI is InChI=1S/C9H20N2/c1-8(6-10)2-3-9-4-5-11-7-9/h8-9,11H,2-7,10H2,1H3. The molecule has 1 heterocycles. The highest BCUT2D eigenvalue weighted by Gasteiger charge is 2.14. The summed E-state index contributed by atoms with van der Waals surface area (Å²) < 4.78 is 0. The van der Waals surface area contributed by atoms with Crippen LogP contribution in [0.2, 0.25) is 0 Å². The van der Waals surface area contributed by atoms with Crippen molar-refractivity contribution in [2.75, 3.05) is 19.6 Å². The Morgan fingerprint density at radius 3 is 3.00 bits per heavy atom. The zero-order valence-corrected chi connectivity index (χ0v) is 7.47. The van der Waals surface area contributed by atoms with E-state index in [4.69, 9.17) is 5.73 Å². The first-order chi connectivity index (χ1) is 5.33. The van der Waals surface area contributed by atoms with E-state index in [0.29, 0.717) is 0 Å². The predicted molar refractivity (Wildman–Crippen MR) is 48.4 cm³/mol. The Labute approximate surface area is 69.5 Å². The van der Waals surface area contributed by atoms with Crippen LogP contribution in [-0.2, 0) is 0 Å². The minimum Gasteiger partial charge on any atom is -0.330 e. The topological polar surface area (TPSA) is 38.0 Å². The molecule has 11 heavy (non-hydrogen) atoms. The fraction of sp³-hybridized carbons (Fsp3) is 1.00. The summed E-state index contributed by atoms with van der Waals surface area (Å²) in [5, 5.41) is 3.38. The lowest BCUT2D eigenvalue weighted by Gasteiger charge is -2.11. The third-order valence-corrected chi connectivity index (χ3v) is 2.63. The Morgan fingerprint density at radius 2 is 2.45 bits per heavy atom. The van der Waals surface area contributed by atoms with Crippen LogP contribution in [0, 0.1) is 11.8 Å². The van der Waals surface area contributed by atoms with E-state index in [1.807, 2.05) is 0 Å². The molecular weight excluding hydrogens is 136 g/mol. The molecule has 1 aliphatic rings. The molecule has 2 heteroatoms. The smallest absolute Gasteiger partial charge is 0.00200 e. The lowest BCUT2D eigenvalue weighted by Crippen LogP contribution is -2.13. The van der Waals surface area contributed by atoms with Crippen molar-refractivity contribution in [2.45, 2.75) is 26.2 Å². The molecule has 0 radical (unpaired) electrons. The Morgan fingerprint density at radius 1 is 1.64 bits per heavy atom. The van der Waals surface area contributed by atoms with E-state index in [1.54, 1.807) is 0 Å². The summed E-state index contributed by atoms with van der Waals surface area (Å²) in [5.74, 6) is 1.65. The summed E-state index contributed by atoms with van der Waals surface area (Å²) in [6.45, 7) is 5.54. The van der Waals surface area contributed by atoms with Gasteiger partial charge in [0.2, 0.25) is 0 Å². The highest BCUT2D eigenvalue weighted by molar-refractivity contribution is 4.71. The molecule has 0 aliphatic carbocycles. The minimum absolute atomic E-state index is 0.718. The van der Waals surface area contributed by atoms with E-state index < -0.39 is 0 Å². The van der Waals surface area contributed by atoms with Crippen molar-refractivity contribution in [3.63, 3.8) is 0 Å². The van der Waals surface area contributed by atoms with Crippen molar-refractivity contribution in [3.05, 3.63) is 0 Å². The molecule has 3 N–H and O–H groups in total. The normalized spacial score (nSPS) is 27.3. The number of nitrogens with one attached hydrogen (secondary N) is 1. The summed E-state index contributed by atoms with van der Waals surface area (Å²) >= 11 is 0. The van der Waals surface area contributed by atoms with Gasteiger partial charge in [-0.1, -0.05) is 6.92 Å². The van der Waals surface area contributed by atoms with Crippen molar-refractivity contribution in [1.29, 1.82) is 0 Å². The fourth-order valence-electron chi connectivity index (χ4n) is 1.60. The van der Waals surface area contributed by atoms with Crippen LogP contribution in [0.25, 0.3) is 0 Å². The highest BCUT2D eigenvalue weighted by atomic mass is 14.9. The largest absolute Gasteiger partial charge is 0.330 e. The molecule has 2 nitrogen and oxygen atoms in total. The van der Waals surface area contributed by atoms with Gasteiger partial charge >= 0.3 is 0 Å². The predicted octanol–water partition coefficient (Wildman–Crippen LogP) is 0.971. The Balaban J connectivity index is 2.01. The molecule has 0 spiro atoms. The molecule has 1 aliphatic heterocycles. The van der Waals surface area contributed by atoms with Crippen LogP contribution in [-0.4, -0.2) is 19.6 Å². The Hall–Kier alpha value is -0.0800. The Bertz CT molecular complexity index is 97.7. The molecule has 1 saturated heterocycles. The molecule has 0 saturated carbocycles. The molecule has 0 aromatic rings. The van der Waals surface area contributed by atoms with Gasteiger partial charge in [-0.2, -0.15) is 0 Å². The summed E-state index contributed by atoms with van der Waals surface area (Å²) in [6.07, 6.45) is 4.05. The monoisotopic (exact) mass is 156 g/mol. The van der Waals surface area contributed by atoms with Crippen molar-refractivity contribution in [3.8, 4) is 0 Å². The second-order valence-corrected chi connectivity index (χ2v) is 3.78. The summed E-state index contributed by atoms with van der Waals surface area (Å²) in [4.78, 5) is 0. The van der Waals surface area contributed by atoms with E-state index >= 15 is 0 Å². The third kappa shape index (κ3) is 3.21. The molecule has 2 atom stereocenters. The maximum absolute atomic E-state index is 5.54. The maximum Gasteiger partial charge on any atom is -0.00200 e.